The molecule has 4 aromatic carbocycles. The highest BCUT2D eigenvalue weighted by Crippen LogP contribution is 2.31. The molecule has 0 aliphatic rings. The molecular weight excluding hydrogens is 627 g/mol. The molecule has 1 atom stereocenters. The van der Waals surface area contributed by atoms with Crippen LogP contribution in [0.25, 0.3) is 17.4 Å². The first-order valence-corrected chi connectivity index (χ1v) is 16.1. The summed E-state index contributed by atoms with van der Waals surface area (Å²) in [7, 11) is 1.58. The number of benzene rings is 4. The number of rotatable bonds is 13. The van der Waals surface area contributed by atoms with Gasteiger partial charge in [-0.2, -0.15) is 0 Å². The minimum atomic E-state index is -0.543. The average molecular weight is 662 g/mol. The van der Waals surface area contributed by atoms with E-state index in [0.29, 0.717) is 40.8 Å². The van der Waals surface area contributed by atoms with Crippen LogP contribution in [0.15, 0.2) is 130 Å². The van der Waals surface area contributed by atoms with Gasteiger partial charge in [0.1, 0.15) is 28.7 Å². The third kappa shape index (κ3) is 8.95. The number of hydrogen-bond donors (Lipinski definition) is 3. The summed E-state index contributed by atoms with van der Waals surface area (Å²) in [6.07, 6.45) is 1.48. The standard InChI is InChI=1S/C38H35N3O6S/c1-4-46-29-18-14-27(15-19-29)39-36(42)25(2)48-31-21-16-28(17-22-31)40-38(44)33(41-37(43)26-10-6-5-7-11-26)24-30-20-23-35(47-30)32-12-8-9-13-34(32)45-3/h5-25H,4H2,1-3H3,(H,39,42)(H,40,44)(H,41,43)/b33-24+. The van der Waals surface area contributed by atoms with Gasteiger partial charge < -0.3 is 29.8 Å². The van der Waals surface area contributed by atoms with Crippen LogP contribution in [-0.2, 0) is 9.59 Å². The molecule has 244 valence electrons. The maximum Gasteiger partial charge on any atom is 0.272 e. The highest BCUT2D eigenvalue weighted by atomic mass is 32.2. The molecule has 0 spiro atoms. The number of nitrogens with one attached hydrogen (secondary N) is 3. The van der Waals surface area contributed by atoms with E-state index in [2.05, 4.69) is 16.0 Å². The van der Waals surface area contributed by atoms with Crippen LogP contribution in [-0.4, -0.2) is 36.7 Å². The van der Waals surface area contributed by atoms with Gasteiger partial charge in [-0.1, -0.05) is 30.3 Å². The number of para-hydroxylation sites is 1. The number of thioether (sulfide) groups is 1. The highest BCUT2D eigenvalue weighted by molar-refractivity contribution is 8.00. The second-order valence-electron chi connectivity index (χ2n) is 10.5. The van der Waals surface area contributed by atoms with Crippen molar-refractivity contribution in [2.75, 3.05) is 24.4 Å². The molecule has 0 radical (unpaired) electrons. The molecule has 3 N–H and O–H groups in total. The Bertz CT molecular complexity index is 1890. The molecule has 1 aromatic heterocycles. The Labute approximate surface area is 283 Å². The molecule has 0 aliphatic heterocycles. The van der Waals surface area contributed by atoms with E-state index in [4.69, 9.17) is 13.9 Å². The van der Waals surface area contributed by atoms with Gasteiger partial charge >= 0.3 is 0 Å². The molecular formula is C38H35N3O6S. The SMILES string of the molecule is CCOc1ccc(NC(=O)C(C)Sc2ccc(NC(=O)/C(=C\c3ccc(-c4ccccc4OC)o3)NC(=O)c3ccccc3)cc2)cc1. The molecule has 3 amide bonds. The van der Waals surface area contributed by atoms with Crippen molar-refractivity contribution in [1.82, 2.24) is 5.32 Å². The quantitative estimate of drug-likeness (QED) is 0.0868. The minimum Gasteiger partial charge on any atom is -0.496 e. The van der Waals surface area contributed by atoms with Crippen LogP contribution in [0.5, 0.6) is 11.5 Å². The van der Waals surface area contributed by atoms with E-state index in [1.807, 2.05) is 62.4 Å². The lowest BCUT2D eigenvalue weighted by atomic mass is 10.1. The van der Waals surface area contributed by atoms with E-state index in [-0.39, 0.29) is 16.9 Å². The lowest BCUT2D eigenvalue weighted by molar-refractivity contribution is -0.115. The number of hydrogen-bond acceptors (Lipinski definition) is 7. The molecule has 0 saturated carbocycles. The van der Waals surface area contributed by atoms with Gasteiger partial charge in [-0.05, 0) is 98.8 Å². The maximum absolute atomic E-state index is 13.5. The Balaban J connectivity index is 1.27. The number of furan rings is 1. The average Bonchev–Trinajstić information content (AvgIpc) is 3.58. The van der Waals surface area contributed by atoms with Crippen molar-refractivity contribution in [1.29, 1.82) is 0 Å². The summed E-state index contributed by atoms with van der Waals surface area (Å²) in [4.78, 5) is 40.2. The number of methoxy groups -OCH3 is 1. The van der Waals surface area contributed by atoms with Crippen LogP contribution in [0.2, 0.25) is 0 Å². The minimum absolute atomic E-state index is 0.0113. The highest BCUT2D eigenvalue weighted by Gasteiger charge is 2.18. The Hall–Kier alpha value is -5.74. The molecule has 0 fully saturated rings. The van der Waals surface area contributed by atoms with Crippen LogP contribution >= 0.6 is 11.8 Å². The van der Waals surface area contributed by atoms with Crippen molar-refractivity contribution >= 4 is 46.9 Å². The summed E-state index contributed by atoms with van der Waals surface area (Å²) in [6.45, 7) is 4.31. The van der Waals surface area contributed by atoms with E-state index in [1.54, 1.807) is 73.8 Å². The zero-order chi connectivity index (χ0) is 33.9. The first kappa shape index (κ1) is 33.6. The van der Waals surface area contributed by atoms with Crippen LogP contribution in [0, 0.1) is 0 Å². The molecule has 5 rings (SSSR count). The zero-order valence-electron chi connectivity index (χ0n) is 26.7. The number of anilines is 2. The fourth-order valence-corrected chi connectivity index (χ4v) is 5.49. The van der Waals surface area contributed by atoms with Crippen molar-refractivity contribution in [2.24, 2.45) is 0 Å². The smallest absolute Gasteiger partial charge is 0.272 e. The van der Waals surface area contributed by atoms with Gasteiger partial charge in [0.25, 0.3) is 11.8 Å². The second kappa shape index (κ2) is 16.2. The fraction of sp³-hybridized carbons (Fsp3) is 0.132. The van der Waals surface area contributed by atoms with Gasteiger partial charge in [-0.15, -0.1) is 11.8 Å². The van der Waals surface area contributed by atoms with Gasteiger partial charge in [0.2, 0.25) is 5.91 Å². The molecule has 10 heteroatoms. The predicted octanol–water partition coefficient (Wildman–Crippen LogP) is 7.88. The normalized spacial score (nSPS) is 11.7. The van der Waals surface area contributed by atoms with E-state index in [9.17, 15) is 14.4 Å². The summed E-state index contributed by atoms with van der Waals surface area (Å²) in [5.74, 6) is 1.16. The molecule has 0 saturated heterocycles. The number of amides is 3. The maximum atomic E-state index is 13.5. The molecule has 0 aliphatic carbocycles. The topological polar surface area (TPSA) is 119 Å². The van der Waals surface area contributed by atoms with Gasteiger partial charge in [0, 0.05) is 27.9 Å². The van der Waals surface area contributed by atoms with Crippen LogP contribution in [0.4, 0.5) is 11.4 Å². The number of carbonyl (C=O) groups excluding carboxylic acids is 3. The third-order valence-corrected chi connectivity index (χ3v) is 8.15. The van der Waals surface area contributed by atoms with E-state index in [0.717, 1.165) is 16.2 Å². The molecule has 1 heterocycles. The Kier molecular flexibility index (Phi) is 11.3. The summed E-state index contributed by atoms with van der Waals surface area (Å²) in [6, 6.07) is 33.9. The lowest BCUT2D eigenvalue weighted by Gasteiger charge is -2.14. The number of carbonyl (C=O) groups is 3. The Morgan fingerprint density at radius 2 is 1.48 bits per heavy atom. The van der Waals surface area contributed by atoms with Gasteiger partial charge in [0.15, 0.2) is 0 Å². The van der Waals surface area contributed by atoms with Gasteiger partial charge in [-0.25, -0.2) is 0 Å². The lowest BCUT2D eigenvalue weighted by Crippen LogP contribution is -2.30. The summed E-state index contributed by atoms with van der Waals surface area (Å²) in [5, 5.41) is 8.10. The van der Waals surface area contributed by atoms with Gasteiger partial charge in [-0.3, -0.25) is 14.4 Å². The van der Waals surface area contributed by atoms with Crippen molar-refractivity contribution in [2.45, 2.75) is 24.0 Å². The van der Waals surface area contributed by atoms with Crippen molar-refractivity contribution < 1.29 is 28.3 Å². The Morgan fingerprint density at radius 3 is 2.19 bits per heavy atom. The van der Waals surface area contributed by atoms with Gasteiger partial charge in [0.05, 0.1) is 24.5 Å². The number of ether oxygens (including phenoxy) is 2. The van der Waals surface area contributed by atoms with Crippen LogP contribution in [0.1, 0.15) is 30.0 Å². The molecule has 5 aromatic rings. The monoisotopic (exact) mass is 661 g/mol. The van der Waals surface area contributed by atoms with Crippen LogP contribution < -0.4 is 25.4 Å². The summed E-state index contributed by atoms with van der Waals surface area (Å²) in [5.41, 5.74) is 2.32. The van der Waals surface area contributed by atoms with E-state index >= 15 is 0 Å². The fourth-order valence-electron chi connectivity index (χ4n) is 4.63. The second-order valence-corrected chi connectivity index (χ2v) is 11.9. The molecule has 1 unspecified atom stereocenters. The first-order valence-electron chi connectivity index (χ1n) is 15.3. The molecule has 9 nitrogen and oxygen atoms in total. The predicted molar refractivity (Wildman–Crippen MR) is 189 cm³/mol. The van der Waals surface area contributed by atoms with Crippen molar-refractivity contribution in [3.05, 3.63) is 132 Å². The Morgan fingerprint density at radius 1 is 0.812 bits per heavy atom. The van der Waals surface area contributed by atoms with Crippen molar-refractivity contribution in [3.8, 4) is 22.8 Å². The first-order chi connectivity index (χ1) is 23.3. The molecule has 0 bridgehead atoms. The largest absolute Gasteiger partial charge is 0.496 e. The zero-order valence-corrected chi connectivity index (χ0v) is 27.5. The summed E-state index contributed by atoms with van der Waals surface area (Å²) < 4.78 is 16.9. The molecule has 48 heavy (non-hydrogen) atoms. The van der Waals surface area contributed by atoms with Crippen molar-refractivity contribution in [3.63, 3.8) is 0 Å². The third-order valence-electron chi connectivity index (χ3n) is 7.04. The summed E-state index contributed by atoms with van der Waals surface area (Å²) >= 11 is 1.39. The van der Waals surface area contributed by atoms with E-state index in [1.165, 1.54) is 17.8 Å². The van der Waals surface area contributed by atoms with Crippen LogP contribution in [0.3, 0.4) is 0 Å². The van der Waals surface area contributed by atoms with E-state index < -0.39 is 11.8 Å².